The fraction of sp³-hybridized carbons (Fsp3) is 0.480. The van der Waals surface area contributed by atoms with Crippen molar-refractivity contribution in [1.29, 1.82) is 0 Å². The number of nitrogens with zero attached hydrogens (tertiary/aromatic N) is 3. The van der Waals surface area contributed by atoms with Crippen molar-refractivity contribution in [3.05, 3.63) is 58.1 Å². The van der Waals surface area contributed by atoms with E-state index in [1.165, 1.54) is 17.2 Å². The topological polar surface area (TPSA) is 67.2 Å². The van der Waals surface area contributed by atoms with Gasteiger partial charge in [-0.25, -0.2) is 0 Å². The van der Waals surface area contributed by atoms with Crippen molar-refractivity contribution in [2.45, 2.75) is 46.3 Å². The van der Waals surface area contributed by atoms with E-state index in [-0.39, 0.29) is 28.9 Å². The largest absolute Gasteiger partial charge is 0.508 e. The molecule has 6 heteroatoms. The molecule has 1 fully saturated rings. The molecule has 0 aliphatic carbocycles. The minimum Gasteiger partial charge on any atom is -0.508 e. The molecule has 2 aliphatic rings. The standard InChI is InChI=1S/C25H33N3O3/c1-4-26-7-9-27(10-8-26)14-18-5-6-19-15-28(16-20(19)11-18)25(31)22-12-21(17(2)3)23(29)13-24(22)30/h5-6,11-13,17,29-30H,4,7-10,14-16H2,1-3H3. The molecular formula is C25H33N3O3. The van der Waals surface area contributed by atoms with E-state index in [1.54, 1.807) is 11.0 Å². The lowest BCUT2D eigenvalue weighted by Crippen LogP contribution is -2.45. The Morgan fingerprint density at radius 2 is 1.61 bits per heavy atom. The summed E-state index contributed by atoms with van der Waals surface area (Å²) in [6.45, 7) is 13.7. The number of hydrogen-bond donors (Lipinski definition) is 2. The second kappa shape index (κ2) is 8.89. The summed E-state index contributed by atoms with van der Waals surface area (Å²) in [4.78, 5) is 19.9. The first kappa shape index (κ1) is 21.7. The van der Waals surface area contributed by atoms with Gasteiger partial charge in [-0.3, -0.25) is 9.69 Å². The van der Waals surface area contributed by atoms with Crippen LogP contribution >= 0.6 is 0 Å². The van der Waals surface area contributed by atoms with E-state index in [0.717, 1.165) is 44.8 Å². The Labute approximate surface area is 184 Å². The molecule has 0 bridgehead atoms. The summed E-state index contributed by atoms with van der Waals surface area (Å²) in [6, 6.07) is 9.44. The molecule has 6 nitrogen and oxygen atoms in total. The third-order valence-electron chi connectivity index (χ3n) is 6.60. The van der Waals surface area contributed by atoms with Crippen LogP contribution < -0.4 is 0 Å². The first-order valence-corrected chi connectivity index (χ1v) is 11.3. The fourth-order valence-corrected chi connectivity index (χ4v) is 4.61. The van der Waals surface area contributed by atoms with Crippen molar-refractivity contribution < 1.29 is 15.0 Å². The normalized spacial score (nSPS) is 17.4. The summed E-state index contributed by atoms with van der Waals surface area (Å²) in [5, 5.41) is 20.4. The van der Waals surface area contributed by atoms with Crippen LogP contribution in [-0.2, 0) is 19.6 Å². The molecule has 2 heterocycles. The number of hydrogen-bond acceptors (Lipinski definition) is 5. The van der Waals surface area contributed by atoms with Gasteiger partial charge in [0.2, 0.25) is 0 Å². The zero-order chi connectivity index (χ0) is 22.1. The third-order valence-corrected chi connectivity index (χ3v) is 6.60. The molecule has 0 unspecified atom stereocenters. The van der Waals surface area contributed by atoms with Crippen LogP contribution in [0.1, 0.15) is 59.3 Å². The molecule has 4 rings (SSSR count). The monoisotopic (exact) mass is 423 g/mol. The lowest BCUT2D eigenvalue weighted by molar-refractivity contribution is 0.0748. The van der Waals surface area contributed by atoms with Crippen molar-refractivity contribution >= 4 is 5.91 Å². The summed E-state index contributed by atoms with van der Waals surface area (Å²) >= 11 is 0. The number of amides is 1. The highest BCUT2D eigenvalue weighted by Gasteiger charge is 2.27. The van der Waals surface area contributed by atoms with Gasteiger partial charge in [0.25, 0.3) is 5.91 Å². The predicted molar refractivity (Wildman–Crippen MR) is 121 cm³/mol. The molecule has 166 valence electrons. The number of phenols is 2. The number of phenolic OH excluding ortho intramolecular Hbond substituents is 2. The summed E-state index contributed by atoms with van der Waals surface area (Å²) in [6.07, 6.45) is 0. The first-order valence-electron chi connectivity index (χ1n) is 11.3. The number of aromatic hydroxyl groups is 2. The second-order valence-electron chi connectivity index (χ2n) is 9.06. The molecule has 0 radical (unpaired) electrons. The number of fused-ring (bicyclic) bond motifs is 1. The highest BCUT2D eigenvalue weighted by atomic mass is 16.3. The maximum absolute atomic E-state index is 13.2. The maximum atomic E-state index is 13.2. The number of rotatable bonds is 5. The molecule has 2 aromatic rings. The Balaban J connectivity index is 1.45. The van der Waals surface area contributed by atoms with Gasteiger partial charge in [0.1, 0.15) is 11.5 Å². The van der Waals surface area contributed by atoms with E-state index in [1.807, 2.05) is 13.8 Å². The van der Waals surface area contributed by atoms with Crippen LogP contribution in [0.2, 0.25) is 0 Å². The Morgan fingerprint density at radius 3 is 2.29 bits per heavy atom. The first-order chi connectivity index (χ1) is 14.9. The lowest BCUT2D eigenvalue weighted by atomic mass is 9.98. The SMILES string of the molecule is CCN1CCN(Cc2ccc3c(c2)CN(C(=O)c2cc(C(C)C)c(O)cc2O)C3)CC1. The third kappa shape index (κ3) is 4.55. The lowest BCUT2D eigenvalue weighted by Gasteiger charge is -2.34. The van der Waals surface area contributed by atoms with Crippen LogP contribution in [0.4, 0.5) is 0 Å². The number of likely N-dealkylation sites (N-methyl/N-ethyl adjacent to an activating group) is 1. The zero-order valence-corrected chi connectivity index (χ0v) is 18.8. The van der Waals surface area contributed by atoms with E-state index in [2.05, 4.69) is 34.9 Å². The van der Waals surface area contributed by atoms with Crippen LogP contribution in [0.5, 0.6) is 11.5 Å². The van der Waals surface area contributed by atoms with Gasteiger partial charge in [0.05, 0.1) is 5.56 Å². The van der Waals surface area contributed by atoms with Gasteiger partial charge in [-0.2, -0.15) is 0 Å². The quantitative estimate of drug-likeness (QED) is 0.770. The minimum absolute atomic E-state index is 0.0261. The Hall–Kier alpha value is -2.57. The van der Waals surface area contributed by atoms with Crippen molar-refractivity contribution in [3.63, 3.8) is 0 Å². The average molecular weight is 424 g/mol. The Kier molecular flexibility index (Phi) is 6.21. The molecule has 2 aliphatic heterocycles. The van der Waals surface area contributed by atoms with Gasteiger partial charge in [0.15, 0.2) is 0 Å². The van der Waals surface area contributed by atoms with Gasteiger partial charge in [-0.15, -0.1) is 0 Å². The molecule has 1 amide bonds. The number of carbonyl (C=O) groups excluding carboxylic acids is 1. The Morgan fingerprint density at radius 1 is 0.935 bits per heavy atom. The number of benzene rings is 2. The number of piperazine rings is 1. The molecule has 0 aromatic heterocycles. The molecule has 0 saturated carbocycles. The van der Waals surface area contributed by atoms with Crippen LogP contribution in [0, 0.1) is 0 Å². The minimum atomic E-state index is -0.201. The molecule has 0 spiro atoms. The Bertz CT molecular complexity index is 965. The van der Waals surface area contributed by atoms with Gasteiger partial charge in [-0.05, 0) is 40.8 Å². The second-order valence-corrected chi connectivity index (χ2v) is 9.06. The molecule has 2 aromatic carbocycles. The summed E-state index contributed by atoms with van der Waals surface area (Å²) in [5.41, 5.74) is 4.55. The van der Waals surface area contributed by atoms with E-state index >= 15 is 0 Å². The van der Waals surface area contributed by atoms with Gasteiger partial charge in [-0.1, -0.05) is 39.0 Å². The van der Waals surface area contributed by atoms with Gasteiger partial charge >= 0.3 is 0 Å². The van der Waals surface area contributed by atoms with Gasteiger partial charge in [0, 0.05) is 51.9 Å². The molecule has 31 heavy (non-hydrogen) atoms. The van der Waals surface area contributed by atoms with Crippen molar-refractivity contribution in [1.82, 2.24) is 14.7 Å². The molecule has 1 saturated heterocycles. The van der Waals surface area contributed by atoms with Crippen molar-refractivity contribution in [3.8, 4) is 11.5 Å². The van der Waals surface area contributed by atoms with Crippen LogP contribution in [0.25, 0.3) is 0 Å². The van der Waals surface area contributed by atoms with E-state index in [4.69, 9.17) is 0 Å². The van der Waals surface area contributed by atoms with Crippen molar-refractivity contribution in [2.75, 3.05) is 32.7 Å². The van der Waals surface area contributed by atoms with E-state index in [0.29, 0.717) is 18.7 Å². The molecular weight excluding hydrogens is 390 g/mol. The highest BCUT2D eigenvalue weighted by molar-refractivity contribution is 5.97. The summed E-state index contributed by atoms with van der Waals surface area (Å²) < 4.78 is 0. The van der Waals surface area contributed by atoms with E-state index in [9.17, 15) is 15.0 Å². The maximum Gasteiger partial charge on any atom is 0.258 e. The highest BCUT2D eigenvalue weighted by Crippen LogP contribution is 2.34. The molecule has 2 N–H and O–H groups in total. The van der Waals surface area contributed by atoms with E-state index < -0.39 is 0 Å². The fourth-order valence-electron chi connectivity index (χ4n) is 4.61. The van der Waals surface area contributed by atoms with Gasteiger partial charge < -0.3 is 20.0 Å². The zero-order valence-electron chi connectivity index (χ0n) is 18.8. The summed E-state index contributed by atoms with van der Waals surface area (Å²) in [7, 11) is 0. The van der Waals surface area contributed by atoms with Crippen LogP contribution in [0.15, 0.2) is 30.3 Å². The molecule has 0 atom stereocenters. The van der Waals surface area contributed by atoms with Crippen LogP contribution in [0.3, 0.4) is 0 Å². The predicted octanol–water partition coefficient (Wildman–Crippen LogP) is 3.51. The van der Waals surface area contributed by atoms with Crippen molar-refractivity contribution in [2.24, 2.45) is 0 Å². The van der Waals surface area contributed by atoms with Crippen LogP contribution in [-0.4, -0.2) is 63.5 Å². The number of carbonyl (C=O) groups is 1. The summed E-state index contributed by atoms with van der Waals surface area (Å²) in [5.74, 6) is -0.287. The average Bonchev–Trinajstić information content (AvgIpc) is 3.17. The smallest absolute Gasteiger partial charge is 0.258 e.